The van der Waals surface area contributed by atoms with Gasteiger partial charge in [0.15, 0.2) is 9.84 Å². The number of rotatable bonds is 9. The summed E-state index contributed by atoms with van der Waals surface area (Å²) in [5.41, 5.74) is 0.105. The topological polar surface area (TPSA) is 101 Å². The maximum atomic E-state index is 12.2. The van der Waals surface area contributed by atoms with E-state index in [1.54, 1.807) is 19.1 Å². The first kappa shape index (κ1) is 20.6. The minimum absolute atomic E-state index is 0.00989. The third-order valence-corrected chi connectivity index (χ3v) is 7.27. The molecule has 0 aliphatic rings. The van der Waals surface area contributed by atoms with Gasteiger partial charge >= 0.3 is 0 Å². The molecule has 0 fully saturated rings. The molecule has 0 saturated carbocycles. The monoisotopic (exact) mass is 376 g/mol. The molecule has 0 aliphatic carbocycles. The molecule has 9 heteroatoms. The lowest BCUT2D eigenvalue weighted by Crippen LogP contribution is -2.32. The second-order valence-corrected chi connectivity index (χ2v) is 9.84. The smallest absolute Gasteiger partial charge is 0.252 e. The molecule has 1 amide bonds. The predicted octanol–water partition coefficient (Wildman–Crippen LogP) is 0.882. The van der Waals surface area contributed by atoms with E-state index in [4.69, 9.17) is 0 Å². The third kappa shape index (κ3) is 5.29. The van der Waals surface area contributed by atoms with Crippen LogP contribution in [0.5, 0.6) is 0 Å². The second kappa shape index (κ2) is 8.59. The van der Waals surface area contributed by atoms with Crippen LogP contribution in [0.25, 0.3) is 0 Å². The standard InChI is InChI=1S/C15H24N2O5S2/c1-4-23(19,20)14-10-7-6-9-13(14)15(18)16-11-8-12-17(3)24(21,22)5-2/h6-7,9-10H,4-5,8,11-12H2,1-3H3,(H,16,18). The van der Waals surface area contributed by atoms with E-state index in [1.807, 2.05) is 0 Å². The summed E-state index contributed by atoms with van der Waals surface area (Å²) < 4.78 is 48.5. The first-order valence-corrected chi connectivity index (χ1v) is 11.0. The Labute approximate surface area is 144 Å². The van der Waals surface area contributed by atoms with Crippen LogP contribution in [0.15, 0.2) is 29.2 Å². The molecule has 0 aromatic heterocycles. The summed E-state index contributed by atoms with van der Waals surface area (Å²) in [6.45, 7) is 3.63. The minimum Gasteiger partial charge on any atom is -0.352 e. The zero-order valence-corrected chi connectivity index (χ0v) is 15.8. The van der Waals surface area contributed by atoms with Crippen LogP contribution in [0.4, 0.5) is 0 Å². The number of carbonyl (C=O) groups is 1. The number of nitrogens with zero attached hydrogens (tertiary/aromatic N) is 1. The Morgan fingerprint density at radius 1 is 1.08 bits per heavy atom. The molecule has 0 atom stereocenters. The van der Waals surface area contributed by atoms with E-state index >= 15 is 0 Å². The second-order valence-electron chi connectivity index (χ2n) is 5.23. The summed E-state index contributed by atoms with van der Waals surface area (Å²) in [5, 5.41) is 2.64. The molecule has 0 radical (unpaired) electrons. The fourth-order valence-corrected chi connectivity index (χ4v) is 3.98. The third-order valence-electron chi connectivity index (χ3n) is 3.62. The van der Waals surface area contributed by atoms with Gasteiger partial charge in [-0.2, -0.15) is 0 Å². The largest absolute Gasteiger partial charge is 0.352 e. The number of carbonyl (C=O) groups excluding carboxylic acids is 1. The molecule has 0 spiro atoms. The van der Waals surface area contributed by atoms with Gasteiger partial charge in [0.2, 0.25) is 10.0 Å². The van der Waals surface area contributed by atoms with Crippen molar-refractivity contribution in [3.8, 4) is 0 Å². The maximum Gasteiger partial charge on any atom is 0.252 e. The van der Waals surface area contributed by atoms with E-state index in [2.05, 4.69) is 5.32 Å². The SMILES string of the molecule is CCS(=O)(=O)c1ccccc1C(=O)NCCCN(C)S(=O)(=O)CC. The van der Waals surface area contributed by atoms with Crippen LogP contribution in [-0.2, 0) is 19.9 Å². The van der Waals surface area contributed by atoms with E-state index in [0.29, 0.717) is 6.42 Å². The summed E-state index contributed by atoms with van der Waals surface area (Å²) in [6, 6.07) is 6.05. The van der Waals surface area contributed by atoms with Crippen molar-refractivity contribution in [3.63, 3.8) is 0 Å². The van der Waals surface area contributed by atoms with Gasteiger partial charge in [-0.1, -0.05) is 19.1 Å². The molecule has 136 valence electrons. The number of benzene rings is 1. The molecule has 24 heavy (non-hydrogen) atoms. The summed E-state index contributed by atoms with van der Waals surface area (Å²) in [6.07, 6.45) is 0.435. The Bertz CT molecular complexity index is 773. The van der Waals surface area contributed by atoms with Crippen molar-refractivity contribution in [2.75, 3.05) is 31.6 Å². The zero-order valence-electron chi connectivity index (χ0n) is 14.1. The van der Waals surface area contributed by atoms with E-state index in [0.717, 1.165) is 0 Å². The van der Waals surface area contributed by atoms with Crippen molar-refractivity contribution in [1.82, 2.24) is 9.62 Å². The van der Waals surface area contributed by atoms with Gasteiger partial charge in [-0.15, -0.1) is 0 Å². The van der Waals surface area contributed by atoms with E-state index in [-0.39, 0.29) is 35.1 Å². The highest BCUT2D eigenvalue weighted by Crippen LogP contribution is 2.16. The highest BCUT2D eigenvalue weighted by Gasteiger charge is 2.20. The lowest BCUT2D eigenvalue weighted by Gasteiger charge is -2.16. The van der Waals surface area contributed by atoms with Crippen LogP contribution in [0, 0.1) is 0 Å². The van der Waals surface area contributed by atoms with Gasteiger partial charge in [0, 0.05) is 20.1 Å². The Kier molecular flexibility index (Phi) is 7.37. The Morgan fingerprint density at radius 3 is 2.29 bits per heavy atom. The molecule has 0 heterocycles. The Balaban J connectivity index is 2.68. The highest BCUT2D eigenvalue weighted by atomic mass is 32.2. The van der Waals surface area contributed by atoms with Gasteiger partial charge in [0.1, 0.15) is 0 Å². The van der Waals surface area contributed by atoms with Crippen LogP contribution in [0.1, 0.15) is 30.6 Å². The summed E-state index contributed by atoms with van der Waals surface area (Å²) in [5.74, 6) is -0.543. The van der Waals surface area contributed by atoms with Crippen molar-refractivity contribution in [2.45, 2.75) is 25.2 Å². The number of nitrogens with one attached hydrogen (secondary N) is 1. The van der Waals surface area contributed by atoms with Crippen molar-refractivity contribution < 1.29 is 21.6 Å². The number of amides is 1. The molecule has 0 unspecified atom stereocenters. The summed E-state index contributed by atoms with van der Waals surface area (Å²) in [4.78, 5) is 12.2. The molecule has 0 bridgehead atoms. The molecule has 0 saturated heterocycles. The number of hydrogen-bond acceptors (Lipinski definition) is 5. The first-order chi connectivity index (χ1) is 11.2. The quantitative estimate of drug-likeness (QED) is 0.645. The summed E-state index contributed by atoms with van der Waals surface area (Å²) in [7, 11) is -5.24. The lowest BCUT2D eigenvalue weighted by molar-refractivity contribution is 0.0949. The zero-order chi connectivity index (χ0) is 18.4. The van der Waals surface area contributed by atoms with Crippen LogP contribution in [0.2, 0.25) is 0 Å². The van der Waals surface area contributed by atoms with Crippen LogP contribution in [0.3, 0.4) is 0 Å². The van der Waals surface area contributed by atoms with Crippen molar-refractivity contribution in [3.05, 3.63) is 29.8 Å². The average Bonchev–Trinajstić information content (AvgIpc) is 2.58. The molecule has 0 aliphatic heterocycles. The molecule has 1 aromatic rings. The van der Waals surface area contributed by atoms with Crippen LogP contribution >= 0.6 is 0 Å². The fraction of sp³-hybridized carbons (Fsp3) is 0.533. The number of sulfonamides is 1. The minimum atomic E-state index is -3.49. The van der Waals surface area contributed by atoms with E-state index in [1.165, 1.54) is 30.4 Å². The molecule has 1 aromatic carbocycles. The first-order valence-electron chi connectivity index (χ1n) is 7.69. The van der Waals surface area contributed by atoms with Gasteiger partial charge in [0.05, 0.1) is 22.0 Å². The number of sulfone groups is 1. The van der Waals surface area contributed by atoms with Gasteiger partial charge in [-0.3, -0.25) is 4.79 Å². The van der Waals surface area contributed by atoms with Crippen LogP contribution in [-0.4, -0.2) is 58.7 Å². The fourth-order valence-electron chi connectivity index (χ4n) is 2.04. The van der Waals surface area contributed by atoms with Gasteiger partial charge in [0.25, 0.3) is 5.91 Å². The van der Waals surface area contributed by atoms with Gasteiger partial charge in [-0.25, -0.2) is 21.1 Å². The molecule has 1 N–H and O–H groups in total. The molecule has 7 nitrogen and oxygen atoms in total. The van der Waals surface area contributed by atoms with Crippen molar-refractivity contribution in [2.24, 2.45) is 0 Å². The normalized spacial score (nSPS) is 12.3. The highest BCUT2D eigenvalue weighted by molar-refractivity contribution is 7.91. The van der Waals surface area contributed by atoms with Crippen LogP contribution < -0.4 is 5.32 Å². The lowest BCUT2D eigenvalue weighted by atomic mass is 10.2. The summed E-state index contributed by atoms with van der Waals surface area (Å²) >= 11 is 0. The predicted molar refractivity (Wildman–Crippen MR) is 93.2 cm³/mol. The Morgan fingerprint density at radius 2 is 1.71 bits per heavy atom. The molecular weight excluding hydrogens is 352 g/mol. The van der Waals surface area contributed by atoms with E-state index < -0.39 is 25.8 Å². The number of hydrogen-bond donors (Lipinski definition) is 1. The van der Waals surface area contributed by atoms with Crippen molar-refractivity contribution >= 4 is 25.8 Å². The molecule has 1 rings (SSSR count). The molecular formula is C15H24N2O5S2. The van der Waals surface area contributed by atoms with Crippen molar-refractivity contribution in [1.29, 1.82) is 0 Å². The Hall–Kier alpha value is -1.45. The van der Waals surface area contributed by atoms with E-state index in [9.17, 15) is 21.6 Å². The maximum absolute atomic E-state index is 12.2. The van der Waals surface area contributed by atoms with Gasteiger partial charge in [-0.05, 0) is 25.5 Å². The van der Waals surface area contributed by atoms with Gasteiger partial charge < -0.3 is 5.32 Å². The average molecular weight is 377 g/mol.